The normalized spacial score (nSPS) is 9.00. The van der Waals surface area contributed by atoms with Crippen LogP contribution in [0.1, 0.15) is 0 Å². The summed E-state index contributed by atoms with van der Waals surface area (Å²) in [6.45, 7) is 0.160. The molecule has 0 aliphatic rings. The average Bonchev–Trinajstić information content (AvgIpc) is 1.72. The Morgan fingerprint density at radius 1 is 1.38 bits per heavy atom. The molecule has 0 aromatic carbocycles. The van der Waals surface area contributed by atoms with Crippen LogP contribution in [-0.2, 0) is 9.47 Å². The van der Waals surface area contributed by atoms with E-state index < -0.39 is 0 Å². The van der Waals surface area contributed by atoms with Crippen molar-refractivity contribution in [2.24, 2.45) is 0 Å². The molecule has 0 heterocycles. The Kier molecular flexibility index (Phi) is 10.6. The largest absolute Gasteiger partial charge is 1.00 e. The van der Waals surface area contributed by atoms with Crippen molar-refractivity contribution >= 4 is 0 Å². The van der Waals surface area contributed by atoms with Crippen LogP contribution >= 0.6 is 0 Å². The second kappa shape index (κ2) is 7.48. The number of hydrogen-bond acceptors (Lipinski definition) is 2. The quantitative estimate of drug-likeness (QED) is 0.302. The van der Waals surface area contributed by atoms with Gasteiger partial charge in [0.2, 0.25) is 0 Å². The Morgan fingerprint density at radius 3 is 1.75 bits per heavy atom. The third-order valence-corrected chi connectivity index (χ3v) is 0.692. The molecule has 0 spiro atoms. The molecule has 0 atom stereocenters. The Labute approximate surface area is 61.7 Å². The van der Waals surface area contributed by atoms with E-state index in [-0.39, 0.29) is 31.7 Å². The molecule has 0 bridgehead atoms. The van der Waals surface area contributed by atoms with Gasteiger partial charge in [-0.2, -0.15) is 0 Å². The summed E-state index contributed by atoms with van der Waals surface area (Å²) in [7, 11) is 3.03. The van der Waals surface area contributed by atoms with Crippen LogP contribution in [0.25, 0.3) is 5.73 Å². The van der Waals surface area contributed by atoms with E-state index in [1.165, 1.54) is 14.2 Å². The summed E-state index contributed by atoms with van der Waals surface area (Å²) in [5.74, 6) is 0. The fourth-order valence-electron chi connectivity index (χ4n) is 0.263. The molecular weight excluding hydrogens is 101 g/mol. The molecule has 0 unspecified atom stereocenters. The zero-order chi connectivity index (χ0) is 5.70. The van der Waals surface area contributed by atoms with Crippen LogP contribution in [0.2, 0.25) is 0 Å². The molecule has 0 saturated carbocycles. The second-order valence-electron chi connectivity index (χ2n) is 1.11. The number of hydrogen-bond donors (Lipinski definition) is 0. The van der Waals surface area contributed by atoms with Crippen molar-refractivity contribution in [3.8, 4) is 0 Å². The van der Waals surface area contributed by atoms with E-state index in [2.05, 4.69) is 9.47 Å². The third kappa shape index (κ3) is 4.63. The van der Waals surface area contributed by atoms with E-state index in [0.717, 1.165) is 0 Å². The molecule has 4 heteroatoms. The number of rotatable bonds is 3. The fourth-order valence-corrected chi connectivity index (χ4v) is 0.263. The summed E-state index contributed by atoms with van der Waals surface area (Å²) < 4.78 is 9.28. The first-order valence-electron chi connectivity index (χ1n) is 2.05. The molecule has 1 N–H and O–H groups in total. The number of nitrogens with one attached hydrogen (secondary N) is 1. The van der Waals surface area contributed by atoms with Gasteiger partial charge in [-0.15, -0.1) is 0 Å². The van der Waals surface area contributed by atoms with Crippen molar-refractivity contribution in [1.82, 2.24) is 0 Å². The van der Waals surface area contributed by atoms with Gasteiger partial charge in [0.15, 0.2) is 0 Å². The molecule has 0 aliphatic carbocycles. The van der Waals surface area contributed by atoms with Gasteiger partial charge in [-0.3, -0.25) is 0 Å². The Balaban J connectivity index is 0. The van der Waals surface area contributed by atoms with Gasteiger partial charge < -0.3 is 15.2 Å². The number of ether oxygens (including phenoxy) is 2. The van der Waals surface area contributed by atoms with Gasteiger partial charge in [-0.05, 0) is 0 Å². The molecule has 0 amide bonds. The maximum Gasteiger partial charge on any atom is 1.00 e. The van der Waals surface area contributed by atoms with Crippen LogP contribution < -0.4 is 18.9 Å². The monoisotopic (exact) mass is 111 g/mol. The third-order valence-electron chi connectivity index (χ3n) is 0.692. The maximum absolute atomic E-state index is 6.71. The minimum absolute atomic E-state index is 0. The molecule has 0 aromatic rings. The van der Waals surface area contributed by atoms with Crippen LogP contribution in [0.3, 0.4) is 0 Å². The first-order chi connectivity index (χ1) is 3.35. The van der Waals surface area contributed by atoms with Crippen LogP contribution in [-0.4, -0.2) is 27.1 Å². The van der Waals surface area contributed by atoms with Gasteiger partial charge >= 0.3 is 18.9 Å². The van der Waals surface area contributed by atoms with Crippen molar-refractivity contribution in [3.63, 3.8) is 0 Å². The van der Waals surface area contributed by atoms with E-state index in [9.17, 15) is 0 Å². The van der Waals surface area contributed by atoms with Gasteiger partial charge in [-0.25, -0.2) is 0 Å². The number of methoxy groups -OCH3 is 2. The predicted octanol–water partition coefficient (Wildman–Crippen LogP) is -2.34. The summed E-state index contributed by atoms with van der Waals surface area (Å²) >= 11 is 0. The molecule has 0 aromatic heterocycles. The first-order valence-corrected chi connectivity index (χ1v) is 2.05. The summed E-state index contributed by atoms with van der Waals surface area (Å²) in [6, 6.07) is 0. The van der Waals surface area contributed by atoms with E-state index in [0.29, 0.717) is 0 Å². The Morgan fingerprint density at radius 2 is 1.75 bits per heavy atom. The predicted molar refractivity (Wildman–Crippen MR) is 27.0 cm³/mol. The Hall–Kier alpha value is 0.477. The molecule has 3 nitrogen and oxygen atoms in total. The maximum atomic E-state index is 6.71. The van der Waals surface area contributed by atoms with Crippen molar-refractivity contribution < 1.29 is 28.3 Å². The minimum atomic E-state index is -0.347. The van der Waals surface area contributed by atoms with Crippen molar-refractivity contribution in [2.75, 3.05) is 20.8 Å². The second-order valence-corrected chi connectivity index (χ2v) is 1.11. The summed E-state index contributed by atoms with van der Waals surface area (Å²) in [4.78, 5) is 0. The summed E-state index contributed by atoms with van der Waals surface area (Å²) in [5.41, 5.74) is 6.71. The van der Waals surface area contributed by atoms with Crippen molar-refractivity contribution in [3.05, 3.63) is 5.73 Å². The van der Waals surface area contributed by atoms with Crippen LogP contribution in [0.4, 0.5) is 0 Å². The standard InChI is InChI=1S/C4H10NO2.Li/c1-6-4(3-5)7-2;/h4-5H,3H2,1-2H3;/q-1;+1. The van der Waals surface area contributed by atoms with Gasteiger partial charge in [0, 0.05) is 14.2 Å². The van der Waals surface area contributed by atoms with E-state index >= 15 is 0 Å². The minimum Gasteiger partial charge on any atom is -0.673 e. The van der Waals surface area contributed by atoms with Gasteiger partial charge in [0.1, 0.15) is 6.29 Å². The molecule has 0 saturated heterocycles. The van der Waals surface area contributed by atoms with E-state index in [1.54, 1.807) is 0 Å². The fraction of sp³-hybridized carbons (Fsp3) is 1.00. The SMILES string of the molecule is COC(C[NH-])OC.[Li+]. The topological polar surface area (TPSA) is 42.3 Å². The summed E-state index contributed by atoms with van der Waals surface area (Å²) in [6.07, 6.45) is -0.347. The van der Waals surface area contributed by atoms with Crippen molar-refractivity contribution in [1.29, 1.82) is 0 Å². The van der Waals surface area contributed by atoms with Crippen LogP contribution in [0.5, 0.6) is 0 Å². The van der Waals surface area contributed by atoms with E-state index in [1.807, 2.05) is 0 Å². The zero-order valence-electron chi connectivity index (χ0n) is 5.60. The molecule has 0 rings (SSSR count). The summed E-state index contributed by atoms with van der Waals surface area (Å²) in [5, 5.41) is 0. The zero-order valence-corrected chi connectivity index (χ0v) is 5.60. The molecule has 44 valence electrons. The molecule has 8 heavy (non-hydrogen) atoms. The molecule has 0 aliphatic heterocycles. The average molecular weight is 111 g/mol. The smallest absolute Gasteiger partial charge is 0.673 e. The van der Waals surface area contributed by atoms with E-state index in [4.69, 9.17) is 5.73 Å². The van der Waals surface area contributed by atoms with Crippen molar-refractivity contribution in [2.45, 2.75) is 6.29 Å². The van der Waals surface area contributed by atoms with Gasteiger partial charge in [-0.1, -0.05) is 6.54 Å². The van der Waals surface area contributed by atoms with Crippen LogP contribution in [0, 0.1) is 0 Å². The molecule has 0 fully saturated rings. The van der Waals surface area contributed by atoms with Crippen LogP contribution in [0.15, 0.2) is 0 Å². The van der Waals surface area contributed by atoms with Gasteiger partial charge in [0.25, 0.3) is 0 Å². The molecule has 0 radical (unpaired) electrons. The van der Waals surface area contributed by atoms with Gasteiger partial charge in [0.05, 0.1) is 0 Å². The first kappa shape index (κ1) is 11.3. The molecular formula is C4H10LiNO2. The Bertz CT molecular complexity index is 35.5.